The predicted octanol–water partition coefficient (Wildman–Crippen LogP) is 2.82. The molecule has 0 aromatic heterocycles. The molecule has 22 heavy (non-hydrogen) atoms. The van der Waals surface area contributed by atoms with E-state index < -0.39 is 0 Å². The van der Waals surface area contributed by atoms with Gasteiger partial charge in [-0.2, -0.15) is 0 Å². The van der Waals surface area contributed by atoms with Crippen LogP contribution in [0, 0.1) is 5.41 Å². The van der Waals surface area contributed by atoms with Crippen LogP contribution in [0.3, 0.4) is 0 Å². The number of hydrogen-bond acceptors (Lipinski definition) is 3. The second kappa shape index (κ2) is 8.61. The van der Waals surface area contributed by atoms with Crippen LogP contribution in [0.1, 0.15) is 29.8 Å². The Morgan fingerprint density at radius 3 is 2.64 bits per heavy atom. The second-order valence-corrected chi connectivity index (χ2v) is 6.63. The lowest BCUT2D eigenvalue weighted by molar-refractivity contribution is 0.0929. The molecular weight excluding hydrogens is 321 g/mol. The van der Waals surface area contributed by atoms with Gasteiger partial charge in [0.1, 0.15) is 0 Å². The number of halogens is 2. The van der Waals surface area contributed by atoms with Crippen LogP contribution in [0.5, 0.6) is 0 Å². The molecule has 0 aliphatic carbocycles. The fourth-order valence-corrected chi connectivity index (χ4v) is 2.78. The Hall–Kier alpha value is -0.970. The summed E-state index contributed by atoms with van der Waals surface area (Å²) in [6.07, 6.45) is 1.00. The van der Waals surface area contributed by atoms with Gasteiger partial charge >= 0.3 is 0 Å². The summed E-state index contributed by atoms with van der Waals surface area (Å²) in [6.45, 7) is 6.93. The molecule has 0 unspecified atom stereocenters. The summed E-state index contributed by atoms with van der Waals surface area (Å²) in [5.74, 6) is 0.0199. The maximum absolute atomic E-state index is 12.2. The van der Waals surface area contributed by atoms with E-state index >= 15 is 0 Å². The zero-order valence-electron chi connectivity index (χ0n) is 13.7. The van der Waals surface area contributed by atoms with Gasteiger partial charge in [-0.1, -0.05) is 13.8 Å². The summed E-state index contributed by atoms with van der Waals surface area (Å²) in [7, 11) is 4.11. The first-order valence-electron chi connectivity index (χ1n) is 7.17. The quantitative estimate of drug-likeness (QED) is 0.860. The number of carbonyl (C=O) groups excluding carboxylic acids is 1. The number of anilines is 1. The normalized spacial score (nSPS) is 12.8. The summed E-state index contributed by atoms with van der Waals surface area (Å²) in [6, 6.07) is 5.90. The van der Waals surface area contributed by atoms with Crippen molar-refractivity contribution in [3.63, 3.8) is 0 Å². The largest absolute Gasteiger partial charge is 0.384 e. The van der Waals surface area contributed by atoms with Gasteiger partial charge < -0.3 is 15.5 Å². The number of amides is 1. The molecule has 1 heterocycles. The van der Waals surface area contributed by atoms with Crippen LogP contribution in [0.4, 0.5) is 5.69 Å². The summed E-state index contributed by atoms with van der Waals surface area (Å²) in [4.78, 5) is 14.4. The van der Waals surface area contributed by atoms with E-state index in [1.165, 1.54) is 5.56 Å². The Labute approximate surface area is 145 Å². The van der Waals surface area contributed by atoms with Gasteiger partial charge in [0.2, 0.25) is 0 Å². The third-order valence-electron chi connectivity index (χ3n) is 3.55. The fraction of sp³-hybridized carbons (Fsp3) is 0.562. The third kappa shape index (κ3) is 5.67. The number of fused-ring (bicyclic) bond motifs is 1. The molecule has 1 aliphatic heterocycles. The van der Waals surface area contributed by atoms with Crippen molar-refractivity contribution in [3.05, 3.63) is 29.3 Å². The van der Waals surface area contributed by atoms with Gasteiger partial charge in [-0.15, -0.1) is 24.8 Å². The van der Waals surface area contributed by atoms with Crippen molar-refractivity contribution in [1.29, 1.82) is 0 Å². The lowest BCUT2D eigenvalue weighted by Gasteiger charge is -2.28. The number of benzene rings is 1. The van der Waals surface area contributed by atoms with Gasteiger partial charge in [0.15, 0.2) is 0 Å². The van der Waals surface area contributed by atoms with E-state index in [0.717, 1.165) is 30.8 Å². The highest BCUT2D eigenvalue weighted by Gasteiger charge is 2.20. The lowest BCUT2D eigenvalue weighted by Crippen LogP contribution is -2.39. The van der Waals surface area contributed by atoms with E-state index in [9.17, 15) is 4.79 Å². The van der Waals surface area contributed by atoms with Gasteiger partial charge in [-0.3, -0.25) is 4.79 Å². The van der Waals surface area contributed by atoms with Crippen LogP contribution in [0.15, 0.2) is 18.2 Å². The van der Waals surface area contributed by atoms with Gasteiger partial charge in [-0.05, 0) is 49.7 Å². The van der Waals surface area contributed by atoms with Crippen molar-refractivity contribution in [2.24, 2.45) is 5.41 Å². The smallest absolute Gasteiger partial charge is 0.251 e. The minimum atomic E-state index is 0. The first kappa shape index (κ1) is 21.0. The summed E-state index contributed by atoms with van der Waals surface area (Å²) in [5.41, 5.74) is 3.23. The molecule has 0 radical (unpaired) electrons. The van der Waals surface area contributed by atoms with Crippen LogP contribution in [-0.2, 0) is 6.42 Å². The van der Waals surface area contributed by atoms with Gasteiger partial charge in [0.05, 0.1) is 0 Å². The maximum atomic E-state index is 12.2. The van der Waals surface area contributed by atoms with Gasteiger partial charge in [0, 0.05) is 30.9 Å². The lowest BCUT2D eigenvalue weighted by atomic mass is 9.93. The molecule has 0 spiro atoms. The third-order valence-corrected chi connectivity index (χ3v) is 3.55. The molecule has 1 aliphatic rings. The molecule has 0 atom stereocenters. The highest BCUT2D eigenvalue weighted by atomic mass is 35.5. The Morgan fingerprint density at radius 2 is 2.00 bits per heavy atom. The zero-order chi connectivity index (χ0) is 14.8. The van der Waals surface area contributed by atoms with Crippen LogP contribution in [-0.4, -0.2) is 44.5 Å². The zero-order valence-corrected chi connectivity index (χ0v) is 15.4. The molecule has 1 amide bonds. The summed E-state index contributed by atoms with van der Waals surface area (Å²) in [5, 5.41) is 6.36. The van der Waals surface area contributed by atoms with Crippen molar-refractivity contribution in [3.8, 4) is 0 Å². The molecule has 1 aromatic rings. The molecule has 0 saturated heterocycles. The molecule has 126 valence electrons. The van der Waals surface area contributed by atoms with Crippen molar-refractivity contribution in [2.45, 2.75) is 20.3 Å². The Morgan fingerprint density at radius 1 is 1.32 bits per heavy atom. The second-order valence-electron chi connectivity index (χ2n) is 6.63. The standard InChI is InChI=1S/C16H25N3O.2ClH/c1-16(2,11-19(3)4)10-18-15(20)13-5-6-14-12(9-13)7-8-17-14;;/h5-6,9,17H,7-8,10-11H2,1-4H3,(H,18,20);2*1H. The Bertz CT molecular complexity index is 504. The minimum Gasteiger partial charge on any atom is -0.384 e. The average Bonchev–Trinajstić information content (AvgIpc) is 2.81. The molecule has 4 nitrogen and oxygen atoms in total. The van der Waals surface area contributed by atoms with Gasteiger partial charge in [-0.25, -0.2) is 0 Å². The summed E-state index contributed by atoms with van der Waals surface area (Å²) >= 11 is 0. The van der Waals surface area contributed by atoms with Crippen LogP contribution >= 0.6 is 24.8 Å². The SMILES string of the molecule is CN(C)CC(C)(C)CNC(=O)c1ccc2c(c1)CCN2.Cl.Cl. The van der Waals surface area contributed by atoms with E-state index in [0.29, 0.717) is 6.54 Å². The van der Waals surface area contributed by atoms with Crippen molar-refractivity contribution in [1.82, 2.24) is 10.2 Å². The minimum absolute atomic E-state index is 0. The van der Waals surface area contributed by atoms with E-state index in [4.69, 9.17) is 0 Å². The van der Waals surface area contributed by atoms with E-state index in [-0.39, 0.29) is 36.1 Å². The first-order valence-corrected chi connectivity index (χ1v) is 7.17. The Kier molecular flexibility index (Phi) is 8.23. The average molecular weight is 348 g/mol. The maximum Gasteiger partial charge on any atom is 0.251 e. The predicted molar refractivity (Wildman–Crippen MR) is 97.8 cm³/mol. The number of nitrogens with one attached hydrogen (secondary N) is 2. The molecule has 1 aromatic carbocycles. The van der Waals surface area contributed by atoms with E-state index in [2.05, 4.69) is 43.5 Å². The van der Waals surface area contributed by atoms with E-state index in [1.54, 1.807) is 0 Å². The number of rotatable bonds is 5. The number of hydrogen-bond donors (Lipinski definition) is 2. The van der Waals surface area contributed by atoms with Crippen molar-refractivity contribution >= 4 is 36.4 Å². The van der Waals surface area contributed by atoms with Crippen molar-refractivity contribution in [2.75, 3.05) is 39.0 Å². The first-order chi connectivity index (χ1) is 9.37. The van der Waals surface area contributed by atoms with Gasteiger partial charge in [0.25, 0.3) is 5.91 Å². The van der Waals surface area contributed by atoms with Crippen LogP contribution in [0.2, 0.25) is 0 Å². The van der Waals surface area contributed by atoms with Crippen LogP contribution in [0.25, 0.3) is 0 Å². The fourth-order valence-electron chi connectivity index (χ4n) is 2.78. The molecule has 0 fully saturated rings. The highest BCUT2D eigenvalue weighted by Crippen LogP contribution is 2.23. The van der Waals surface area contributed by atoms with Crippen molar-refractivity contribution < 1.29 is 4.79 Å². The highest BCUT2D eigenvalue weighted by molar-refractivity contribution is 5.95. The molecule has 2 N–H and O–H groups in total. The Balaban J connectivity index is 0.00000220. The molecule has 6 heteroatoms. The molecule has 2 rings (SSSR count). The topological polar surface area (TPSA) is 44.4 Å². The molecule has 0 saturated carbocycles. The van der Waals surface area contributed by atoms with Crippen LogP contribution < -0.4 is 10.6 Å². The summed E-state index contributed by atoms with van der Waals surface area (Å²) < 4.78 is 0. The molecular formula is C16H27Cl2N3O. The van der Waals surface area contributed by atoms with E-state index in [1.807, 2.05) is 18.2 Å². The number of carbonyl (C=O) groups is 1. The monoisotopic (exact) mass is 347 g/mol. The molecule has 0 bridgehead atoms. The number of nitrogens with zero attached hydrogens (tertiary/aromatic N) is 1.